The second kappa shape index (κ2) is 6.53. The Bertz CT molecular complexity index is 988. The molecular formula is C19H15ClFN3O2. The maximum atomic E-state index is 13.4. The molecule has 132 valence electrons. The van der Waals surface area contributed by atoms with E-state index in [1.807, 2.05) is 19.1 Å². The predicted molar refractivity (Wildman–Crippen MR) is 95.6 cm³/mol. The molecule has 1 aromatic heterocycles. The molecule has 5 nitrogen and oxygen atoms in total. The van der Waals surface area contributed by atoms with Crippen LogP contribution >= 0.6 is 11.6 Å². The van der Waals surface area contributed by atoms with E-state index >= 15 is 0 Å². The molecule has 7 heteroatoms. The van der Waals surface area contributed by atoms with Crippen LogP contribution in [-0.2, 0) is 4.79 Å². The summed E-state index contributed by atoms with van der Waals surface area (Å²) in [5.41, 5.74) is 2.16. The average Bonchev–Trinajstić information content (AvgIpc) is 3.24. The molecule has 1 aliphatic heterocycles. The normalized spacial score (nSPS) is 17.1. The Hall–Kier alpha value is -2.73. The van der Waals surface area contributed by atoms with Crippen LogP contribution in [0.2, 0.25) is 5.02 Å². The summed E-state index contributed by atoms with van der Waals surface area (Å²) in [6.07, 6.45) is 0.286. The molecule has 0 radical (unpaired) electrons. The van der Waals surface area contributed by atoms with Crippen LogP contribution in [0.5, 0.6) is 0 Å². The van der Waals surface area contributed by atoms with Gasteiger partial charge in [0.25, 0.3) is 5.89 Å². The molecule has 0 bridgehead atoms. The molecule has 3 aromatic rings. The van der Waals surface area contributed by atoms with E-state index in [2.05, 4.69) is 10.1 Å². The summed E-state index contributed by atoms with van der Waals surface area (Å²) in [5, 5.41) is 4.61. The van der Waals surface area contributed by atoms with Crippen molar-refractivity contribution >= 4 is 23.2 Å². The topological polar surface area (TPSA) is 59.2 Å². The van der Waals surface area contributed by atoms with Crippen LogP contribution < -0.4 is 4.90 Å². The lowest BCUT2D eigenvalue weighted by Crippen LogP contribution is -2.25. The molecule has 1 amide bonds. The highest BCUT2D eigenvalue weighted by molar-refractivity contribution is 6.31. The summed E-state index contributed by atoms with van der Waals surface area (Å²) in [4.78, 5) is 18.5. The minimum Gasteiger partial charge on any atom is -0.334 e. The summed E-state index contributed by atoms with van der Waals surface area (Å²) in [6.45, 7) is 2.33. The van der Waals surface area contributed by atoms with Crippen molar-refractivity contribution in [1.29, 1.82) is 0 Å². The summed E-state index contributed by atoms with van der Waals surface area (Å²) < 4.78 is 18.6. The fourth-order valence-corrected chi connectivity index (χ4v) is 3.31. The lowest BCUT2D eigenvalue weighted by Gasteiger charge is -2.19. The molecule has 0 aliphatic carbocycles. The van der Waals surface area contributed by atoms with E-state index in [1.165, 1.54) is 12.1 Å². The lowest BCUT2D eigenvalue weighted by atomic mass is 10.1. The fourth-order valence-electron chi connectivity index (χ4n) is 3.14. The monoisotopic (exact) mass is 371 g/mol. The number of rotatable bonds is 3. The van der Waals surface area contributed by atoms with Crippen LogP contribution in [0.4, 0.5) is 10.1 Å². The average molecular weight is 372 g/mol. The number of nitrogens with zero attached hydrogens (tertiary/aromatic N) is 3. The van der Waals surface area contributed by atoms with Gasteiger partial charge in [-0.1, -0.05) is 28.9 Å². The predicted octanol–water partition coefficient (Wildman–Crippen LogP) is 4.36. The van der Waals surface area contributed by atoms with Crippen LogP contribution in [0, 0.1) is 12.7 Å². The van der Waals surface area contributed by atoms with E-state index in [1.54, 1.807) is 23.1 Å². The molecule has 1 fully saturated rings. The standard InChI is InChI=1S/C19H15ClFN3O2/c1-11-15(20)6-3-7-16(11)24-10-13(9-17(24)25)18-22-19(26-23-18)12-4-2-5-14(21)8-12/h2-8,13H,9-10H2,1H3. The third-order valence-corrected chi connectivity index (χ3v) is 4.94. The van der Waals surface area contributed by atoms with Crippen LogP contribution in [0.15, 0.2) is 47.0 Å². The molecule has 1 unspecified atom stereocenters. The molecule has 2 heterocycles. The summed E-state index contributed by atoms with van der Waals surface area (Å²) in [6, 6.07) is 11.4. The van der Waals surface area contributed by atoms with Gasteiger partial charge in [0.15, 0.2) is 5.82 Å². The maximum absolute atomic E-state index is 13.4. The van der Waals surface area contributed by atoms with E-state index in [9.17, 15) is 9.18 Å². The molecule has 1 atom stereocenters. The number of halogens is 2. The van der Waals surface area contributed by atoms with Gasteiger partial charge in [0.05, 0.1) is 0 Å². The van der Waals surface area contributed by atoms with Gasteiger partial charge in [-0.25, -0.2) is 4.39 Å². The minimum atomic E-state index is -0.374. The number of anilines is 1. The number of hydrogen-bond donors (Lipinski definition) is 0. The zero-order valence-corrected chi connectivity index (χ0v) is 14.7. The molecule has 1 aliphatic rings. The number of hydrogen-bond acceptors (Lipinski definition) is 4. The van der Waals surface area contributed by atoms with Crippen molar-refractivity contribution < 1.29 is 13.7 Å². The van der Waals surface area contributed by atoms with Crippen LogP contribution in [-0.4, -0.2) is 22.6 Å². The molecule has 2 aromatic carbocycles. The zero-order chi connectivity index (χ0) is 18.3. The van der Waals surface area contributed by atoms with E-state index in [4.69, 9.17) is 16.1 Å². The summed E-state index contributed by atoms with van der Waals surface area (Å²) in [5.74, 6) is 0.106. The van der Waals surface area contributed by atoms with Crippen molar-refractivity contribution in [2.24, 2.45) is 0 Å². The van der Waals surface area contributed by atoms with Gasteiger partial charge in [0, 0.05) is 35.2 Å². The number of benzene rings is 2. The molecular weight excluding hydrogens is 357 g/mol. The van der Waals surface area contributed by atoms with Gasteiger partial charge in [0.1, 0.15) is 5.82 Å². The van der Waals surface area contributed by atoms with Crippen molar-refractivity contribution in [3.8, 4) is 11.5 Å². The molecule has 1 saturated heterocycles. The first-order valence-electron chi connectivity index (χ1n) is 8.18. The third kappa shape index (κ3) is 2.97. The number of amides is 1. The maximum Gasteiger partial charge on any atom is 0.258 e. The minimum absolute atomic E-state index is 0.0162. The van der Waals surface area contributed by atoms with Gasteiger partial charge < -0.3 is 9.42 Å². The van der Waals surface area contributed by atoms with Crippen LogP contribution in [0.3, 0.4) is 0 Å². The Morgan fingerprint density at radius 1 is 1.27 bits per heavy atom. The SMILES string of the molecule is Cc1c(Cl)cccc1N1CC(c2noc(-c3cccc(F)c3)n2)CC1=O. The Balaban J connectivity index is 1.59. The zero-order valence-electron chi connectivity index (χ0n) is 13.9. The quantitative estimate of drug-likeness (QED) is 0.686. The second-order valence-corrected chi connectivity index (χ2v) is 6.66. The van der Waals surface area contributed by atoms with Gasteiger partial charge >= 0.3 is 0 Å². The molecule has 0 N–H and O–H groups in total. The largest absolute Gasteiger partial charge is 0.334 e. The Kier molecular flexibility index (Phi) is 4.20. The van der Waals surface area contributed by atoms with Crippen molar-refractivity contribution in [3.05, 3.63) is 64.7 Å². The van der Waals surface area contributed by atoms with Crippen molar-refractivity contribution in [3.63, 3.8) is 0 Å². The van der Waals surface area contributed by atoms with Crippen molar-refractivity contribution in [2.75, 3.05) is 11.4 Å². The summed E-state index contributed by atoms with van der Waals surface area (Å²) >= 11 is 6.17. The highest BCUT2D eigenvalue weighted by atomic mass is 35.5. The van der Waals surface area contributed by atoms with E-state index in [0.717, 1.165) is 11.3 Å². The fraction of sp³-hybridized carbons (Fsp3) is 0.211. The van der Waals surface area contributed by atoms with Crippen LogP contribution in [0.1, 0.15) is 23.7 Å². The molecule has 4 rings (SSSR count). The van der Waals surface area contributed by atoms with Gasteiger partial charge in [-0.05, 0) is 42.8 Å². The summed E-state index contributed by atoms with van der Waals surface area (Å²) in [7, 11) is 0. The number of carbonyl (C=O) groups is 1. The highest BCUT2D eigenvalue weighted by Crippen LogP contribution is 2.35. The van der Waals surface area contributed by atoms with Gasteiger partial charge in [0.2, 0.25) is 5.91 Å². The third-order valence-electron chi connectivity index (χ3n) is 4.53. The number of carbonyl (C=O) groups excluding carboxylic acids is 1. The van der Waals surface area contributed by atoms with Gasteiger partial charge in [-0.3, -0.25) is 4.79 Å². The van der Waals surface area contributed by atoms with E-state index < -0.39 is 0 Å². The first-order chi connectivity index (χ1) is 12.5. The molecule has 0 spiro atoms. The van der Waals surface area contributed by atoms with Gasteiger partial charge in [-0.2, -0.15) is 4.98 Å². The lowest BCUT2D eigenvalue weighted by molar-refractivity contribution is -0.117. The van der Waals surface area contributed by atoms with E-state index in [-0.39, 0.29) is 30.0 Å². The van der Waals surface area contributed by atoms with Crippen molar-refractivity contribution in [1.82, 2.24) is 10.1 Å². The number of aromatic nitrogens is 2. The smallest absolute Gasteiger partial charge is 0.258 e. The second-order valence-electron chi connectivity index (χ2n) is 6.26. The van der Waals surface area contributed by atoms with Gasteiger partial charge in [-0.15, -0.1) is 0 Å². The molecule has 0 saturated carbocycles. The Morgan fingerprint density at radius 2 is 2.08 bits per heavy atom. The first-order valence-corrected chi connectivity index (χ1v) is 8.56. The van der Waals surface area contributed by atoms with E-state index in [0.29, 0.717) is 23.0 Å². The Labute approximate surface area is 154 Å². The van der Waals surface area contributed by atoms with Crippen LogP contribution in [0.25, 0.3) is 11.5 Å². The van der Waals surface area contributed by atoms with Crippen molar-refractivity contribution in [2.45, 2.75) is 19.3 Å². The highest BCUT2D eigenvalue weighted by Gasteiger charge is 2.35. The molecule has 26 heavy (non-hydrogen) atoms. The Morgan fingerprint density at radius 3 is 2.88 bits per heavy atom. The first kappa shape index (κ1) is 16.7.